The van der Waals surface area contributed by atoms with Crippen molar-refractivity contribution in [2.45, 2.75) is 38.3 Å². The Labute approximate surface area is 125 Å². The van der Waals surface area contributed by atoms with Gasteiger partial charge in [0.05, 0.1) is 12.3 Å². The van der Waals surface area contributed by atoms with Crippen LogP contribution in [-0.2, 0) is 16.6 Å². The zero-order chi connectivity index (χ0) is 15.6. The average Bonchev–Trinajstić information content (AvgIpc) is 2.86. The highest BCUT2D eigenvalue weighted by molar-refractivity contribution is 7.92. The van der Waals surface area contributed by atoms with E-state index in [9.17, 15) is 13.5 Å². The van der Waals surface area contributed by atoms with Crippen LogP contribution in [0.3, 0.4) is 0 Å². The molecule has 0 aliphatic carbocycles. The van der Waals surface area contributed by atoms with E-state index >= 15 is 0 Å². The monoisotopic (exact) mass is 308 g/mol. The number of benzene rings is 1. The molecule has 0 bridgehead atoms. The standard InChI is InChI=1S/C15H20N2O3S/c1-11(2)17-9-14(8-13(17)10-18)21(19,20)16-15-7-5-4-6-12(15)3/h4-9,11,16,18H,10H2,1-3H3. The zero-order valence-corrected chi connectivity index (χ0v) is 13.2. The molecule has 0 saturated heterocycles. The minimum atomic E-state index is -3.66. The van der Waals surface area contributed by atoms with Crippen molar-refractivity contribution < 1.29 is 13.5 Å². The van der Waals surface area contributed by atoms with Crippen LogP contribution in [-0.4, -0.2) is 18.1 Å². The van der Waals surface area contributed by atoms with Gasteiger partial charge in [-0.25, -0.2) is 8.42 Å². The van der Waals surface area contributed by atoms with E-state index in [1.807, 2.05) is 32.9 Å². The first-order chi connectivity index (χ1) is 9.85. The van der Waals surface area contributed by atoms with Crippen molar-refractivity contribution in [3.8, 4) is 0 Å². The molecule has 21 heavy (non-hydrogen) atoms. The quantitative estimate of drug-likeness (QED) is 0.892. The summed E-state index contributed by atoms with van der Waals surface area (Å²) in [6.45, 7) is 5.52. The van der Waals surface area contributed by atoms with Crippen molar-refractivity contribution in [2.75, 3.05) is 4.72 Å². The van der Waals surface area contributed by atoms with E-state index in [1.54, 1.807) is 22.9 Å². The highest BCUT2D eigenvalue weighted by Gasteiger charge is 2.19. The van der Waals surface area contributed by atoms with Gasteiger partial charge in [-0.2, -0.15) is 0 Å². The van der Waals surface area contributed by atoms with Crippen LogP contribution in [0.4, 0.5) is 5.69 Å². The van der Waals surface area contributed by atoms with E-state index in [0.29, 0.717) is 11.4 Å². The van der Waals surface area contributed by atoms with Crippen LogP contribution in [0.1, 0.15) is 31.1 Å². The summed E-state index contributed by atoms with van der Waals surface area (Å²) in [4.78, 5) is 0.156. The number of hydrogen-bond donors (Lipinski definition) is 2. The summed E-state index contributed by atoms with van der Waals surface area (Å²) in [7, 11) is -3.66. The van der Waals surface area contributed by atoms with Crippen LogP contribution in [0.25, 0.3) is 0 Å². The molecule has 0 saturated carbocycles. The molecule has 0 amide bonds. The Balaban J connectivity index is 2.38. The highest BCUT2D eigenvalue weighted by Crippen LogP contribution is 2.23. The third-order valence-corrected chi connectivity index (χ3v) is 4.66. The SMILES string of the molecule is Cc1ccccc1NS(=O)(=O)c1cc(CO)n(C(C)C)c1. The third kappa shape index (κ3) is 3.28. The Bertz CT molecular complexity index is 733. The number of aryl methyl sites for hydroxylation is 1. The summed E-state index contributed by atoms with van der Waals surface area (Å²) >= 11 is 0. The predicted octanol–water partition coefficient (Wildman–Crippen LogP) is 2.67. The molecule has 2 N–H and O–H groups in total. The van der Waals surface area contributed by atoms with E-state index in [4.69, 9.17) is 0 Å². The fraction of sp³-hybridized carbons (Fsp3) is 0.333. The summed E-state index contributed by atoms with van der Waals surface area (Å²) in [6.07, 6.45) is 1.55. The second kappa shape index (κ2) is 5.91. The highest BCUT2D eigenvalue weighted by atomic mass is 32.2. The van der Waals surface area contributed by atoms with Gasteiger partial charge in [0.2, 0.25) is 0 Å². The number of rotatable bonds is 5. The lowest BCUT2D eigenvalue weighted by atomic mass is 10.2. The van der Waals surface area contributed by atoms with E-state index in [1.165, 1.54) is 6.07 Å². The molecule has 0 spiro atoms. The molecule has 0 radical (unpaired) electrons. The Hall–Kier alpha value is -1.79. The number of hydrogen-bond acceptors (Lipinski definition) is 3. The number of para-hydroxylation sites is 1. The number of nitrogens with zero attached hydrogens (tertiary/aromatic N) is 1. The topological polar surface area (TPSA) is 71.3 Å². The molecule has 1 aromatic carbocycles. The van der Waals surface area contributed by atoms with Gasteiger partial charge in [-0.3, -0.25) is 4.72 Å². The van der Waals surface area contributed by atoms with Gasteiger partial charge in [-0.1, -0.05) is 18.2 Å². The van der Waals surface area contributed by atoms with Crippen molar-refractivity contribution in [3.63, 3.8) is 0 Å². The van der Waals surface area contributed by atoms with Crippen molar-refractivity contribution in [3.05, 3.63) is 47.8 Å². The van der Waals surface area contributed by atoms with Crippen LogP contribution in [0, 0.1) is 6.92 Å². The lowest BCUT2D eigenvalue weighted by Gasteiger charge is -2.11. The van der Waals surface area contributed by atoms with Gasteiger partial charge in [0.25, 0.3) is 10.0 Å². The van der Waals surface area contributed by atoms with Gasteiger partial charge in [-0.15, -0.1) is 0 Å². The minimum Gasteiger partial charge on any atom is -0.390 e. The molecule has 0 atom stereocenters. The molecule has 0 aliphatic rings. The van der Waals surface area contributed by atoms with Crippen molar-refractivity contribution in [1.82, 2.24) is 4.57 Å². The summed E-state index contributed by atoms with van der Waals surface area (Å²) < 4.78 is 29.2. The molecule has 114 valence electrons. The van der Waals surface area contributed by atoms with Gasteiger partial charge < -0.3 is 9.67 Å². The largest absolute Gasteiger partial charge is 0.390 e. The molecule has 5 nitrogen and oxygen atoms in total. The van der Waals surface area contributed by atoms with Gasteiger partial charge in [0.1, 0.15) is 4.90 Å². The fourth-order valence-electron chi connectivity index (χ4n) is 2.14. The number of aromatic nitrogens is 1. The Morgan fingerprint density at radius 3 is 2.48 bits per heavy atom. The first-order valence-electron chi connectivity index (χ1n) is 6.75. The second-order valence-electron chi connectivity index (χ2n) is 5.25. The molecule has 1 aromatic heterocycles. The zero-order valence-electron chi connectivity index (χ0n) is 12.4. The third-order valence-electron chi connectivity index (χ3n) is 3.32. The van der Waals surface area contributed by atoms with E-state index in [0.717, 1.165) is 5.56 Å². The smallest absolute Gasteiger partial charge is 0.263 e. The first kappa shape index (κ1) is 15.6. The van der Waals surface area contributed by atoms with Crippen molar-refractivity contribution in [2.24, 2.45) is 0 Å². The van der Waals surface area contributed by atoms with Crippen molar-refractivity contribution >= 4 is 15.7 Å². The normalized spacial score (nSPS) is 11.9. The maximum absolute atomic E-state index is 12.5. The minimum absolute atomic E-state index is 0.0783. The molecular formula is C15H20N2O3S. The molecule has 6 heteroatoms. The summed E-state index contributed by atoms with van der Waals surface area (Å²) in [5, 5.41) is 9.34. The molecule has 1 heterocycles. The van der Waals surface area contributed by atoms with Crippen LogP contribution in [0.15, 0.2) is 41.4 Å². The Morgan fingerprint density at radius 2 is 1.95 bits per heavy atom. The molecule has 2 rings (SSSR count). The fourth-order valence-corrected chi connectivity index (χ4v) is 3.32. The van der Waals surface area contributed by atoms with Crippen LogP contribution >= 0.6 is 0 Å². The summed E-state index contributed by atoms with van der Waals surface area (Å²) in [5.74, 6) is 0. The Morgan fingerprint density at radius 1 is 1.29 bits per heavy atom. The molecule has 0 fully saturated rings. The maximum atomic E-state index is 12.5. The first-order valence-corrected chi connectivity index (χ1v) is 8.23. The van der Waals surface area contributed by atoms with E-state index in [-0.39, 0.29) is 17.5 Å². The van der Waals surface area contributed by atoms with E-state index in [2.05, 4.69) is 4.72 Å². The lowest BCUT2D eigenvalue weighted by Crippen LogP contribution is -2.13. The predicted molar refractivity (Wildman–Crippen MR) is 82.7 cm³/mol. The number of sulfonamides is 1. The average molecular weight is 308 g/mol. The molecular weight excluding hydrogens is 288 g/mol. The summed E-state index contributed by atoms with van der Waals surface area (Å²) in [5.41, 5.74) is 1.99. The number of nitrogens with one attached hydrogen (secondary N) is 1. The molecule has 0 aliphatic heterocycles. The van der Waals surface area contributed by atoms with Gasteiger partial charge >= 0.3 is 0 Å². The maximum Gasteiger partial charge on any atom is 0.263 e. The van der Waals surface area contributed by atoms with E-state index < -0.39 is 10.0 Å². The number of anilines is 1. The molecule has 0 unspecified atom stereocenters. The Kier molecular flexibility index (Phi) is 4.39. The summed E-state index contributed by atoms with van der Waals surface area (Å²) in [6, 6.07) is 8.78. The molecule has 2 aromatic rings. The van der Waals surface area contributed by atoms with Gasteiger partial charge in [0, 0.05) is 17.9 Å². The number of aliphatic hydroxyl groups is 1. The van der Waals surface area contributed by atoms with Crippen LogP contribution < -0.4 is 4.72 Å². The van der Waals surface area contributed by atoms with Crippen molar-refractivity contribution in [1.29, 1.82) is 0 Å². The van der Waals surface area contributed by atoms with Gasteiger partial charge in [0.15, 0.2) is 0 Å². The number of aliphatic hydroxyl groups excluding tert-OH is 1. The van der Waals surface area contributed by atoms with Crippen LogP contribution in [0.2, 0.25) is 0 Å². The lowest BCUT2D eigenvalue weighted by molar-refractivity contribution is 0.268. The van der Waals surface area contributed by atoms with Crippen LogP contribution in [0.5, 0.6) is 0 Å². The second-order valence-corrected chi connectivity index (χ2v) is 6.93. The van der Waals surface area contributed by atoms with Gasteiger partial charge in [-0.05, 0) is 38.5 Å².